The van der Waals surface area contributed by atoms with Crippen LogP contribution >= 0.6 is 11.6 Å². The minimum absolute atomic E-state index is 0.178. The number of rotatable bonds is 7. The summed E-state index contributed by atoms with van der Waals surface area (Å²) in [5.74, 6) is -0.425. The van der Waals surface area contributed by atoms with Gasteiger partial charge in [-0.3, -0.25) is 9.59 Å². The summed E-state index contributed by atoms with van der Waals surface area (Å²) in [4.78, 5) is 29.9. The van der Waals surface area contributed by atoms with Crippen molar-refractivity contribution in [3.63, 3.8) is 0 Å². The van der Waals surface area contributed by atoms with E-state index in [4.69, 9.17) is 16.1 Å². The maximum Gasteiger partial charge on any atom is 0.252 e. The van der Waals surface area contributed by atoms with Crippen molar-refractivity contribution in [2.45, 2.75) is 31.8 Å². The van der Waals surface area contributed by atoms with Gasteiger partial charge in [0.2, 0.25) is 17.6 Å². The van der Waals surface area contributed by atoms with Gasteiger partial charge in [-0.15, -0.1) is 0 Å². The van der Waals surface area contributed by atoms with E-state index < -0.39 is 17.3 Å². The first-order valence-electron chi connectivity index (χ1n) is 12.4. The van der Waals surface area contributed by atoms with Crippen LogP contribution in [0.3, 0.4) is 0 Å². The highest BCUT2D eigenvalue weighted by atomic mass is 35.5. The van der Waals surface area contributed by atoms with Gasteiger partial charge >= 0.3 is 0 Å². The van der Waals surface area contributed by atoms with Crippen LogP contribution in [-0.4, -0.2) is 32.1 Å². The quantitative estimate of drug-likeness (QED) is 0.288. The fourth-order valence-electron chi connectivity index (χ4n) is 4.63. The molecule has 1 aliphatic carbocycles. The zero-order valence-corrected chi connectivity index (χ0v) is 21.6. The molecule has 0 bridgehead atoms. The Kier molecular flexibility index (Phi) is 6.15. The Hall–Kier alpha value is -4.50. The molecule has 2 amide bonds. The predicted molar refractivity (Wildman–Crippen MR) is 144 cm³/mol. The topological polar surface area (TPSA) is 102 Å². The van der Waals surface area contributed by atoms with Crippen molar-refractivity contribution in [1.82, 2.24) is 25.3 Å². The number of carbonyl (C=O) groups excluding carboxylic acids is 2. The molecule has 39 heavy (non-hydrogen) atoms. The van der Waals surface area contributed by atoms with Crippen molar-refractivity contribution in [1.29, 1.82) is 0 Å². The number of hydrogen-bond donors (Lipinski definition) is 2. The van der Waals surface area contributed by atoms with Gasteiger partial charge in [0.05, 0.1) is 10.5 Å². The average molecular weight is 544 g/mol. The van der Waals surface area contributed by atoms with E-state index in [0.717, 1.165) is 28.2 Å². The smallest absolute Gasteiger partial charge is 0.252 e. The molecule has 2 heterocycles. The van der Waals surface area contributed by atoms with Gasteiger partial charge in [-0.25, -0.2) is 4.39 Å². The summed E-state index contributed by atoms with van der Waals surface area (Å²) >= 11 is 6.76. The Morgan fingerprint density at radius 1 is 1.08 bits per heavy atom. The molecule has 1 aliphatic rings. The summed E-state index contributed by atoms with van der Waals surface area (Å²) in [6, 6.07) is 20.8. The number of halogens is 2. The zero-order valence-electron chi connectivity index (χ0n) is 20.9. The van der Waals surface area contributed by atoms with Crippen LogP contribution in [0.2, 0.25) is 5.02 Å². The molecule has 2 N–H and O–H groups in total. The van der Waals surface area contributed by atoms with E-state index in [0.29, 0.717) is 35.3 Å². The number of nitrogens with zero attached hydrogens (tertiary/aromatic N) is 3. The number of nitrogens with one attached hydrogen (secondary N) is 2. The van der Waals surface area contributed by atoms with Crippen LogP contribution < -0.4 is 10.6 Å². The molecule has 10 heteroatoms. The lowest BCUT2D eigenvalue weighted by Crippen LogP contribution is -2.48. The van der Waals surface area contributed by atoms with Crippen LogP contribution in [0.4, 0.5) is 4.39 Å². The Balaban J connectivity index is 1.19. The normalized spacial score (nSPS) is 13.8. The van der Waals surface area contributed by atoms with Crippen LogP contribution in [0.25, 0.3) is 28.1 Å². The first-order chi connectivity index (χ1) is 18.8. The third-order valence-corrected chi connectivity index (χ3v) is 7.21. The van der Waals surface area contributed by atoms with E-state index in [1.807, 2.05) is 53.1 Å². The van der Waals surface area contributed by atoms with Gasteiger partial charge in [0.25, 0.3) is 5.91 Å². The molecule has 0 saturated heterocycles. The summed E-state index contributed by atoms with van der Waals surface area (Å²) in [7, 11) is 0. The molecule has 6 rings (SSSR count). The van der Waals surface area contributed by atoms with Crippen molar-refractivity contribution in [2.24, 2.45) is 0 Å². The standard InChI is InChI=1S/C29H23ClFN5O3/c1-17-33-26(35-39-17)25-24(30)22-7-2-3-8-23(22)36(25)21-11-9-18(10-12-21)16-32-28(38)29(13-14-29)34-27(37)19-5-4-6-20(31)15-19/h2-12,15H,13-14,16H2,1H3,(H,32,38)(H,34,37). The summed E-state index contributed by atoms with van der Waals surface area (Å²) in [5.41, 5.74) is 2.44. The van der Waals surface area contributed by atoms with Crippen molar-refractivity contribution >= 4 is 34.3 Å². The molecule has 0 radical (unpaired) electrons. The molecule has 3 aromatic carbocycles. The highest BCUT2D eigenvalue weighted by molar-refractivity contribution is 6.38. The molecule has 5 aromatic rings. The molecular weight excluding hydrogens is 521 g/mol. The lowest BCUT2D eigenvalue weighted by molar-refractivity contribution is -0.124. The molecule has 196 valence electrons. The third kappa shape index (κ3) is 4.66. The number of benzene rings is 3. The van der Waals surface area contributed by atoms with Gasteiger partial charge in [-0.2, -0.15) is 4.98 Å². The molecule has 1 saturated carbocycles. The number of aromatic nitrogens is 3. The second-order valence-corrected chi connectivity index (χ2v) is 9.93. The minimum Gasteiger partial charge on any atom is -0.350 e. The second kappa shape index (κ2) is 9.67. The highest BCUT2D eigenvalue weighted by Gasteiger charge is 2.51. The number of hydrogen-bond acceptors (Lipinski definition) is 5. The van der Waals surface area contributed by atoms with E-state index in [1.165, 1.54) is 18.2 Å². The molecular formula is C29H23ClFN5O3. The second-order valence-electron chi connectivity index (χ2n) is 9.55. The molecule has 0 spiro atoms. The summed E-state index contributed by atoms with van der Waals surface area (Å²) in [6.07, 6.45) is 1.05. The van der Waals surface area contributed by atoms with E-state index in [1.54, 1.807) is 6.92 Å². The van der Waals surface area contributed by atoms with Gasteiger partial charge < -0.3 is 19.7 Å². The van der Waals surface area contributed by atoms with Crippen molar-refractivity contribution in [3.8, 4) is 17.2 Å². The van der Waals surface area contributed by atoms with Crippen LogP contribution in [0.15, 0.2) is 77.3 Å². The van der Waals surface area contributed by atoms with Gasteiger partial charge in [-0.1, -0.05) is 53.2 Å². The first kappa shape index (κ1) is 24.8. The van der Waals surface area contributed by atoms with Crippen molar-refractivity contribution in [3.05, 3.63) is 101 Å². The molecule has 0 atom stereocenters. The molecule has 2 aromatic heterocycles. The summed E-state index contributed by atoms with van der Waals surface area (Å²) in [6.45, 7) is 2.00. The summed E-state index contributed by atoms with van der Waals surface area (Å²) in [5, 5.41) is 11.2. The lowest BCUT2D eigenvalue weighted by atomic mass is 10.1. The van der Waals surface area contributed by atoms with E-state index in [2.05, 4.69) is 20.8 Å². The lowest BCUT2D eigenvalue weighted by Gasteiger charge is -2.17. The van der Waals surface area contributed by atoms with E-state index in [-0.39, 0.29) is 18.0 Å². The maximum absolute atomic E-state index is 13.5. The molecule has 0 unspecified atom stereocenters. The van der Waals surface area contributed by atoms with Gasteiger partial charge in [0.15, 0.2) is 0 Å². The van der Waals surface area contributed by atoms with E-state index >= 15 is 0 Å². The largest absolute Gasteiger partial charge is 0.350 e. The van der Waals surface area contributed by atoms with Crippen molar-refractivity contribution < 1.29 is 18.5 Å². The predicted octanol–water partition coefficient (Wildman–Crippen LogP) is 5.36. The van der Waals surface area contributed by atoms with E-state index in [9.17, 15) is 14.0 Å². The Morgan fingerprint density at radius 2 is 1.85 bits per heavy atom. The van der Waals surface area contributed by atoms with Crippen LogP contribution in [0.5, 0.6) is 0 Å². The van der Waals surface area contributed by atoms with Gasteiger partial charge in [-0.05, 0) is 54.8 Å². The van der Waals surface area contributed by atoms with Gasteiger partial charge in [0, 0.05) is 30.1 Å². The number of amides is 2. The number of fused-ring (bicyclic) bond motifs is 1. The fourth-order valence-corrected chi connectivity index (χ4v) is 4.96. The Labute approximate surface area is 227 Å². The maximum atomic E-state index is 13.5. The van der Waals surface area contributed by atoms with Crippen LogP contribution in [0, 0.1) is 12.7 Å². The number of aryl methyl sites for hydroxylation is 1. The molecule has 8 nitrogen and oxygen atoms in total. The zero-order chi connectivity index (χ0) is 27.1. The Bertz CT molecular complexity index is 1720. The van der Waals surface area contributed by atoms with Crippen LogP contribution in [0.1, 0.15) is 34.7 Å². The summed E-state index contributed by atoms with van der Waals surface area (Å²) < 4.78 is 20.7. The number of para-hydroxylation sites is 1. The van der Waals surface area contributed by atoms with Crippen molar-refractivity contribution in [2.75, 3.05) is 0 Å². The van der Waals surface area contributed by atoms with Crippen LogP contribution in [-0.2, 0) is 11.3 Å². The Morgan fingerprint density at radius 3 is 2.54 bits per heavy atom. The fraction of sp³-hybridized carbons (Fsp3) is 0.172. The average Bonchev–Trinajstić information content (AvgIpc) is 3.51. The molecule has 1 fully saturated rings. The minimum atomic E-state index is -0.970. The third-order valence-electron chi connectivity index (χ3n) is 6.82. The first-order valence-corrected chi connectivity index (χ1v) is 12.8. The van der Waals surface area contributed by atoms with Gasteiger partial charge in [0.1, 0.15) is 17.1 Å². The number of carbonyl (C=O) groups is 2. The monoisotopic (exact) mass is 543 g/mol. The highest BCUT2D eigenvalue weighted by Crippen LogP contribution is 2.39. The molecule has 0 aliphatic heterocycles. The SMILES string of the molecule is Cc1nc(-c2c(Cl)c3ccccc3n2-c2ccc(CNC(=O)C3(NC(=O)c4cccc(F)c4)CC3)cc2)no1.